The van der Waals surface area contributed by atoms with Gasteiger partial charge in [0.25, 0.3) is 5.69 Å². The van der Waals surface area contributed by atoms with Crippen LogP contribution in [0.5, 0.6) is 0 Å². The Bertz CT molecular complexity index is 674. The van der Waals surface area contributed by atoms with Gasteiger partial charge in [0.2, 0.25) is 0 Å². The highest BCUT2D eigenvalue weighted by molar-refractivity contribution is 8.00. The summed E-state index contributed by atoms with van der Waals surface area (Å²) in [6.07, 6.45) is 3.45. The number of thioether (sulfide) groups is 1. The van der Waals surface area contributed by atoms with Gasteiger partial charge in [-0.3, -0.25) is 19.9 Å². The van der Waals surface area contributed by atoms with Gasteiger partial charge in [0.05, 0.1) is 10.3 Å². The first-order chi connectivity index (χ1) is 9.54. The molecule has 0 bridgehead atoms. The van der Waals surface area contributed by atoms with Crippen LogP contribution in [0.1, 0.15) is 13.3 Å². The molecule has 1 heterocycles. The summed E-state index contributed by atoms with van der Waals surface area (Å²) in [6, 6.07) is 4.65. The lowest BCUT2D eigenvalue weighted by atomic mass is 10.1. The van der Waals surface area contributed by atoms with E-state index >= 15 is 0 Å². The zero-order chi connectivity index (χ0) is 14.7. The van der Waals surface area contributed by atoms with E-state index in [2.05, 4.69) is 4.98 Å². The van der Waals surface area contributed by atoms with Crippen LogP contribution >= 0.6 is 11.8 Å². The lowest BCUT2D eigenvalue weighted by molar-refractivity contribution is -0.383. The molecule has 104 valence electrons. The number of fused-ring (bicyclic) bond motifs is 1. The number of nitrogens with zero attached hydrogens (tertiary/aromatic N) is 2. The summed E-state index contributed by atoms with van der Waals surface area (Å²) in [5, 5.41) is 20.6. The van der Waals surface area contributed by atoms with E-state index < -0.39 is 16.1 Å². The molecule has 0 aliphatic rings. The molecule has 2 aromatic rings. The molecule has 0 radical (unpaired) electrons. The van der Waals surface area contributed by atoms with Gasteiger partial charge in [0.1, 0.15) is 5.25 Å². The third kappa shape index (κ3) is 2.72. The number of non-ortho nitro benzene ring substituents is 1. The van der Waals surface area contributed by atoms with Crippen LogP contribution in [-0.2, 0) is 4.79 Å². The number of pyridine rings is 1. The second kappa shape index (κ2) is 5.87. The molecule has 20 heavy (non-hydrogen) atoms. The fourth-order valence-corrected chi connectivity index (χ4v) is 2.90. The molecule has 1 atom stereocenters. The van der Waals surface area contributed by atoms with Crippen LogP contribution in [0.4, 0.5) is 5.69 Å². The molecular formula is C13H12N2O4S. The Hall–Kier alpha value is -2.15. The van der Waals surface area contributed by atoms with Crippen molar-refractivity contribution in [1.82, 2.24) is 4.98 Å². The summed E-state index contributed by atoms with van der Waals surface area (Å²) >= 11 is 1.20. The summed E-state index contributed by atoms with van der Waals surface area (Å²) in [5.74, 6) is -0.891. The predicted molar refractivity (Wildman–Crippen MR) is 76.0 cm³/mol. The van der Waals surface area contributed by atoms with Crippen molar-refractivity contribution in [3.8, 4) is 0 Å². The fraction of sp³-hybridized carbons (Fsp3) is 0.231. The van der Waals surface area contributed by atoms with E-state index in [0.29, 0.717) is 22.1 Å². The second-order valence-corrected chi connectivity index (χ2v) is 5.36. The van der Waals surface area contributed by atoms with Crippen molar-refractivity contribution in [2.45, 2.75) is 23.5 Å². The molecule has 0 saturated carbocycles. The Morgan fingerprint density at radius 1 is 1.45 bits per heavy atom. The number of rotatable bonds is 5. The van der Waals surface area contributed by atoms with Crippen molar-refractivity contribution in [2.75, 3.05) is 0 Å². The molecule has 0 amide bonds. The number of aliphatic carboxylic acids is 1. The van der Waals surface area contributed by atoms with Gasteiger partial charge in [-0.05, 0) is 18.6 Å². The molecule has 7 heteroatoms. The summed E-state index contributed by atoms with van der Waals surface area (Å²) in [6.45, 7) is 1.79. The van der Waals surface area contributed by atoms with E-state index in [1.807, 2.05) is 0 Å². The number of benzene rings is 1. The Balaban J connectivity index is 2.53. The van der Waals surface area contributed by atoms with Crippen LogP contribution < -0.4 is 0 Å². The number of carboxylic acids is 1. The lowest BCUT2D eigenvalue weighted by Crippen LogP contribution is -2.14. The quantitative estimate of drug-likeness (QED) is 0.517. The van der Waals surface area contributed by atoms with Crippen LogP contribution in [-0.4, -0.2) is 26.2 Å². The number of carbonyl (C=O) groups is 1. The van der Waals surface area contributed by atoms with Crippen LogP contribution in [0.2, 0.25) is 0 Å². The first-order valence-electron chi connectivity index (χ1n) is 5.95. The molecular weight excluding hydrogens is 280 g/mol. The van der Waals surface area contributed by atoms with E-state index in [0.717, 1.165) is 0 Å². The molecule has 1 N–H and O–H groups in total. The number of aromatic nitrogens is 1. The number of hydrogen-bond acceptors (Lipinski definition) is 5. The number of nitro benzene ring substituents is 1. The minimum Gasteiger partial charge on any atom is -0.480 e. The van der Waals surface area contributed by atoms with Gasteiger partial charge in [0, 0.05) is 28.7 Å². The molecule has 0 aliphatic heterocycles. The standard InChI is InChI=1S/C13H12N2O4S/c1-2-11(13(16)17)20-12-4-3-10(15(18)19)9-7-14-6-5-8(9)12/h3-7,11H,2H2,1H3,(H,16,17). The highest BCUT2D eigenvalue weighted by Crippen LogP contribution is 2.35. The molecule has 1 aromatic heterocycles. The Kier molecular flexibility index (Phi) is 4.19. The van der Waals surface area contributed by atoms with Crippen molar-refractivity contribution < 1.29 is 14.8 Å². The van der Waals surface area contributed by atoms with Crippen molar-refractivity contribution in [3.05, 3.63) is 40.7 Å². The topological polar surface area (TPSA) is 93.3 Å². The largest absolute Gasteiger partial charge is 0.480 e. The maximum atomic E-state index is 11.1. The zero-order valence-electron chi connectivity index (χ0n) is 10.6. The summed E-state index contributed by atoms with van der Waals surface area (Å²) in [5.41, 5.74) is -0.0270. The average Bonchev–Trinajstić information content (AvgIpc) is 2.43. The van der Waals surface area contributed by atoms with Gasteiger partial charge in [-0.25, -0.2) is 0 Å². The zero-order valence-corrected chi connectivity index (χ0v) is 11.5. The molecule has 0 spiro atoms. The summed E-state index contributed by atoms with van der Waals surface area (Å²) in [7, 11) is 0. The van der Waals surface area contributed by atoms with Gasteiger partial charge < -0.3 is 5.11 Å². The van der Waals surface area contributed by atoms with Gasteiger partial charge in [-0.2, -0.15) is 0 Å². The lowest BCUT2D eigenvalue weighted by Gasteiger charge is -2.11. The van der Waals surface area contributed by atoms with Crippen LogP contribution in [0.25, 0.3) is 10.8 Å². The number of carboxylic acid groups (broad SMARTS) is 1. The smallest absolute Gasteiger partial charge is 0.316 e. The van der Waals surface area contributed by atoms with Crippen LogP contribution in [0.3, 0.4) is 0 Å². The van der Waals surface area contributed by atoms with E-state index in [1.165, 1.54) is 30.2 Å². The molecule has 2 rings (SSSR count). The average molecular weight is 292 g/mol. The maximum Gasteiger partial charge on any atom is 0.316 e. The van der Waals surface area contributed by atoms with Crippen molar-refractivity contribution in [2.24, 2.45) is 0 Å². The predicted octanol–water partition coefficient (Wildman–Crippen LogP) is 3.10. The molecule has 1 aromatic carbocycles. The third-order valence-electron chi connectivity index (χ3n) is 2.87. The first-order valence-corrected chi connectivity index (χ1v) is 6.83. The monoisotopic (exact) mass is 292 g/mol. The van der Waals surface area contributed by atoms with Crippen molar-refractivity contribution >= 4 is 34.2 Å². The van der Waals surface area contributed by atoms with E-state index in [4.69, 9.17) is 5.11 Å². The first kappa shape index (κ1) is 14.3. The maximum absolute atomic E-state index is 11.1. The van der Waals surface area contributed by atoms with Crippen molar-refractivity contribution in [1.29, 1.82) is 0 Å². The minimum absolute atomic E-state index is 0.0270. The summed E-state index contributed by atoms with van der Waals surface area (Å²) in [4.78, 5) is 26.2. The Labute approximate surface area is 119 Å². The van der Waals surface area contributed by atoms with Gasteiger partial charge in [-0.1, -0.05) is 6.92 Å². The van der Waals surface area contributed by atoms with E-state index in [9.17, 15) is 14.9 Å². The molecule has 0 fully saturated rings. The third-order valence-corrected chi connectivity index (χ3v) is 4.30. The molecule has 6 nitrogen and oxygen atoms in total. The fourth-order valence-electron chi connectivity index (χ4n) is 1.87. The van der Waals surface area contributed by atoms with E-state index in [1.54, 1.807) is 19.1 Å². The van der Waals surface area contributed by atoms with Gasteiger partial charge >= 0.3 is 5.97 Å². The summed E-state index contributed by atoms with van der Waals surface area (Å²) < 4.78 is 0. The molecule has 0 aliphatic carbocycles. The normalized spacial score (nSPS) is 12.2. The van der Waals surface area contributed by atoms with Crippen LogP contribution in [0.15, 0.2) is 35.5 Å². The van der Waals surface area contributed by atoms with Gasteiger partial charge in [-0.15, -0.1) is 11.8 Å². The Morgan fingerprint density at radius 3 is 2.80 bits per heavy atom. The molecule has 0 saturated heterocycles. The van der Waals surface area contributed by atoms with Crippen LogP contribution in [0, 0.1) is 10.1 Å². The second-order valence-electron chi connectivity index (χ2n) is 4.11. The number of nitro groups is 1. The minimum atomic E-state index is -0.891. The molecule has 1 unspecified atom stereocenters. The highest BCUT2D eigenvalue weighted by atomic mass is 32.2. The number of hydrogen-bond donors (Lipinski definition) is 1. The highest BCUT2D eigenvalue weighted by Gasteiger charge is 2.20. The Morgan fingerprint density at radius 2 is 2.20 bits per heavy atom. The van der Waals surface area contributed by atoms with Crippen molar-refractivity contribution in [3.63, 3.8) is 0 Å². The van der Waals surface area contributed by atoms with E-state index in [-0.39, 0.29) is 5.69 Å². The van der Waals surface area contributed by atoms with Gasteiger partial charge in [0.15, 0.2) is 0 Å². The SMILES string of the molecule is CCC(Sc1ccc([N+](=O)[O-])c2cnccc12)C(=O)O.